The van der Waals surface area contributed by atoms with Crippen molar-refractivity contribution in [3.63, 3.8) is 0 Å². The van der Waals surface area contributed by atoms with E-state index in [1.165, 1.54) is 20.3 Å². The summed E-state index contributed by atoms with van der Waals surface area (Å²) < 4.78 is 10.4. The van der Waals surface area contributed by atoms with Crippen LogP contribution in [0.4, 0.5) is 5.69 Å². The Bertz CT molecular complexity index is 837. The number of Topliss-reactive ketones (excluding diaryl/α,β-unsaturated/α-hetero) is 1. The average Bonchev–Trinajstić information content (AvgIpc) is 2.62. The lowest BCUT2D eigenvalue weighted by Crippen LogP contribution is -2.14. The van der Waals surface area contributed by atoms with Crippen molar-refractivity contribution in [1.82, 2.24) is 0 Å². The van der Waals surface area contributed by atoms with Crippen LogP contribution in [-0.2, 0) is 4.79 Å². The molecule has 0 aliphatic carbocycles. The zero-order valence-corrected chi connectivity index (χ0v) is 16.2. The summed E-state index contributed by atoms with van der Waals surface area (Å²) in [5.41, 5.74) is 1.67. The predicted molar refractivity (Wildman–Crippen MR) is 103 cm³/mol. The molecule has 1 amide bonds. The Kier molecular flexibility index (Phi) is 6.89. The Hall–Kier alpha value is -2.24. The number of halogens is 2. The first-order chi connectivity index (χ1) is 12.3. The van der Waals surface area contributed by atoms with Gasteiger partial charge < -0.3 is 14.8 Å². The number of aryl methyl sites for hydroxylation is 1. The fourth-order valence-electron chi connectivity index (χ4n) is 2.40. The molecule has 0 heterocycles. The van der Waals surface area contributed by atoms with Crippen LogP contribution in [0, 0.1) is 6.92 Å². The van der Waals surface area contributed by atoms with Gasteiger partial charge in [-0.2, -0.15) is 0 Å². The Morgan fingerprint density at radius 3 is 2.35 bits per heavy atom. The van der Waals surface area contributed by atoms with Gasteiger partial charge in [-0.25, -0.2) is 0 Å². The zero-order chi connectivity index (χ0) is 19.3. The molecule has 2 aromatic rings. The molecule has 0 saturated heterocycles. The summed E-state index contributed by atoms with van der Waals surface area (Å²) in [6.07, 6.45) is 0.0384. The number of carbonyl (C=O) groups excluding carboxylic acids is 2. The van der Waals surface area contributed by atoms with E-state index in [0.29, 0.717) is 32.8 Å². The molecule has 138 valence electrons. The number of ketones is 1. The standard InChI is InChI=1S/C19H19Cl2NO4/c1-11-8-15(18(26-3)10-14(11)21)22-19(24)7-5-16(23)13-9-12(20)4-6-17(13)25-2/h4,6,8-10H,5,7H2,1-3H3,(H,22,24). The number of rotatable bonds is 7. The number of amides is 1. The summed E-state index contributed by atoms with van der Waals surface area (Å²) in [4.78, 5) is 24.6. The highest BCUT2D eigenvalue weighted by Gasteiger charge is 2.16. The van der Waals surface area contributed by atoms with Crippen LogP contribution in [0.5, 0.6) is 11.5 Å². The Balaban J connectivity index is 2.05. The van der Waals surface area contributed by atoms with E-state index < -0.39 is 0 Å². The zero-order valence-electron chi connectivity index (χ0n) is 14.7. The minimum atomic E-state index is -0.306. The second kappa shape index (κ2) is 8.92. The monoisotopic (exact) mass is 395 g/mol. The van der Waals surface area contributed by atoms with Crippen LogP contribution in [0.15, 0.2) is 30.3 Å². The third-order valence-corrected chi connectivity index (χ3v) is 4.44. The first kappa shape index (κ1) is 20.1. The predicted octanol–water partition coefficient (Wildman–Crippen LogP) is 4.92. The van der Waals surface area contributed by atoms with Gasteiger partial charge in [-0.1, -0.05) is 23.2 Å². The molecule has 1 N–H and O–H groups in total. The van der Waals surface area contributed by atoms with E-state index in [2.05, 4.69) is 5.32 Å². The first-order valence-electron chi connectivity index (χ1n) is 7.86. The lowest BCUT2D eigenvalue weighted by Gasteiger charge is -2.12. The third-order valence-electron chi connectivity index (χ3n) is 3.80. The highest BCUT2D eigenvalue weighted by molar-refractivity contribution is 6.31. The van der Waals surface area contributed by atoms with Crippen molar-refractivity contribution in [2.45, 2.75) is 19.8 Å². The molecule has 2 aromatic carbocycles. The second-order valence-corrected chi connectivity index (χ2v) is 6.46. The molecule has 0 bridgehead atoms. The van der Waals surface area contributed by atoms with Crippen molar-refractivity contribution in [2.75, 3.05) is 19.5 Å². The second-order valence-electron chi connectivity index (χ2n) is 5.62. The maximum Gasteiger partial charge on any atom is 0.224 e. The van der Waals surface area contributed by atoms with Crippen LogP contribution >= 0.6 is 23.2 Å². The number of anilines is 1. The van der Waals surface area contributed by atoms with Crippen LogP contribution in [0.25, 0.3) is 0 Å². The number of ether oxygens (including phenoxy) is 2. The molecule has 0 aromatic heterocycles. The maximum absolute atomic E-state index is 12.4. The minimum absolute atomic E-state index is 0.0132. The van der Waals surface area contributed by atoms with E-state index in [0.717, 1.165) is 5.56 Å². The minimum Gasteiger partial charge on any atom is -0.496 e. The number of benzene rings is 2. The summed E-state index contributed by atoms with van der Waals surface area (Å²) in [5, 5.41) is 3.72. The number of hydrogen-bond acceptors (Lipinski definition) is 4. The molecule has 2 rings (SSSR count). The molecule has 7 heteroatoms. The van der Waals surface area contributed by atoms with Gasteiger partial charge in [0.15, 0.2) is 5.78 Å². The molecular weight excluding hydrogens is 377 g/mol. The smallest absolute Gasteiger partial charge is 0.224 e. The van der Waals surface area contributed by atoms with Gasteiger partial charge in [0.1, 0.15) is 11.5 Å². The van der Waals surface area contributed by atoms with Crippen molar-refractivity contribution in [3.8, 4) is 11.5 Å². The summed E-state index contributed by atoms with van der Waals surface area (Å²) in [6, 6.07) is 8.15. The van der Waals surface area contributed by atoms with Gasteiger partial charge in [0.25, 0.3) is 0 Å². The number of nitrogens with one attached hydrogen (secondary N) is 1. The van der Waals surface area contributed by atoms with Crippen molar-refractivity contribution < 1.29 is 19.1 Å². The lowest BCUT2D eigenvalue weighted by molar-refractivity contribution is -0.116. The van der Waals surface area contributed by atoms with Crippen molar-refractivity contribution in [2.24, 2.45) is 0 Å². The number of methoxy groups -OCH3 is 2. The van der Waals surface area contributed by atoms with E-state index in [1.807, 2.05) is 6.92 Å². The van der Waals surface area contributed by atoms with Crippen LogP contribution in [0.2, 0.25) is 10.0 Å². The van der Waals surface area contributed by atoms with Gasteiger partial charge >= 0.3 is 0 Å². The number of hydrogen-bond donors (Lipinski definition) is 1. The molecule has 0 aliphatic rings. The summed E-state index contributed by atoms with van der Waals surface area (Å²) in [7, 11) is 2.97. The van der Waals surface area contributed by atoms with Gasteiger partial charge in [-0.3, -0.25) is 9.59 Å². The van der Waals surface area contributed by atoms with Gasteiger partial charge in [0.2, 0.25) is 5.91 Å². The number of carbonyl (C=O) groups is 2. The van der Waals surface area contributed by atoms with E-state index in [-0.39, 0.29) is 24.5 Å². The van der Waals surface area contributed by atoms with Gasteiger partial charge in [-0.15, -0.1) is 0 Å². The summed E-state index contributed by atoms with van der Waals surface area (Å²) in [5.74, 6) is 0.352. The average molecular weight is 396 g/mol. The third kappa shape index (κ3) is 4.90. The largest absolute Gasteiger partial charge is 0.496 e. The van der Waals surface area contributed by atoms with Crippen molar-refractivity contribution in [1.29, 1.82) is 0 Å². The molecule has 26 heavy (non-hydrogen) atoms. The summed E-state index contributed by atoms with van der Waals surface area (Å²) in [6.45, 7) is 1.83. The molecule has 0 aliphatic heterocycles. The van der Waals surface area contributed by atoms with Gasteiger partial charge in [0, 0.05) is 29.0 Å². The fourth-order valence-corrected chi connectivity index (χ4v) is 2.73. The lowest BCUT2D eigenvalue weighted by atomic mass is 10.1. The highest BCUT2D eigenvalue weighted by Crippen LogP contribution is 2.31. The molecule has 0 radical (unpaired) electrons. The van der Waals surface area contributed by atoms with Gasteiger partial charge in [0.05, 0.1) is 25.5 Å². The van der Waals surface area contributed by atoms with E-state index in [4.69, 9.17) is 32.7 Å². The molecule has 0 fully saturated rings. The Morgan fingerprint density at radius 1 is 1.00 bits per heavy atom. The molecular formula is C19H19Cl2NO4. The fraction of sp³-hybridized carbons (Fsp3) is 0.263. The molecule has 0 spiro atoms. The van der Waals surface area contributed by atoms with Crippen LogP contribution < -0.4 is 14.8 Å². The Morgan fingerprint density at radius 2 is 1.69 bits per heavy atom. The van der Waals surface area contributed by atoms with Crippen molar-refractivity contribution >= 4 is 40.6 Å². The molecule has 5 nitrogen and oxygen atoms in total. The van der Waals surface area contributed by atoms with Gasteiger partial charge in [-0.05, 0) is 36.8 Å². The van der Waals surface area contributed by atoms with E-state index in [9.17, 15) is 9.59 Å². The van der Waals surface area contributed by atoms with Crippen LogP contribution in [0.3, 0.4) is 0 Å². The van der Waals surface area contributed by atoms with Crippen LogP contribution in [0.1, 0.15) is 28.8 Å². The van der Waals surface area contributed by atoms with Crippen molar-refractivity contribution in [3.05, 3.63) is 51.5 Å². The molecule has 0 atom stereocenters. The maximum atomic E-state index is 12.4. The molecule has 0 unspecified atom stereocenters. The van der Waals surface area contributed by atoms with E-state index in [1.54, 1.807) is 24.3 Å². The topological polar surface area (TPSA) is 64.6 Å². The Labute approximate surface area is 162 Å². The quantitative estimate of drug-likeness (QED) is 0.675. The van der Waals surface area contributed by atoms with E-state index >= 15 is 0 Å². The summed E-state index contributed by atoms with van der Waals surface area (Å²) >= 11 is 12.0. The molecule has 0 saturated carbocycles. The first-order valence-corrected chi connectivity index (χ1v) is 8.62. The van der Waals surface area contributed by atoms with Crippen LogP contribution in [-0.4, -0.2) is 25.9 Å². The SMILES string of the molecule is COc1cc(Cl)c(C)cc1NC(=O)CCC(=O)c1cc(Cl)ccc1OC. The highest BCUT2D eigenvalue weighted by atomic mass is 35.5. The normalized spacial score (nSPS) is 10.3.